The Labute approximate surface area is 289 Å². The fourth-order valence-electron chi connectivity index (χ4n) is 6.16. The van der Waals surface area contributed by atoms with Crippen LogP contribution in [0.15, 0.2) is 12.1 Å². The molecular weight excluding hydrogens is 617 g/mol. The zero-order valence-electron chi connectivity index (χ0n) is 29.4. The number of aliphatic hydroxyl groups is 2. The van der Waals surface area contributed by atoms with Crippen molar-refractivity contribution >= 4 is 35.5 Å². The number of aromatic carboxylic acids is 2. The van der Waals surface area contributed by atoms with Gasteiger partial charge < -0.3 is 20.4 Å². The highest BCUT2D eigenvalue weighted by Crippen LogP contribution is 2.44. The average Bonchev–Trinajstić information content (AvgIpc) is 3.03. The zero-order valence-corrected chi connectivity index (χ0v) is 31.1. The Morgan fingerprint density at radius 1 is 0.587 bits per heavy atom. The molecule has 8 heteroatoms. The molecule has 4 unspecified atom stereocenters. The summed E-state index contributed by atoms with van der Waals surface area (Å²) in [7, 11) is 0. The highest BCUT2D eigenvalue weighted by molar-refractivity contribution is 7.99. The smallest absolute Gasteiger partial charge is 0.336 e. The van der Waals surface area contributed by atoms with Gasteiger partial charge in [-0.05, 0) is 67.2 Å². The minimum Gasteiger partial charge on any atom is -0.478 e. The third-order valence-corrected chi connectivity index (χ3v) is 11.9. The number of hydrogen-bond donors (Lipinski definition) is 4. The van der Waals surface area contributed by atoms with Gasteiger partial charge in [0.2, 0.25) is 0 Å². The van der Waals surface area contributed by atoms with Gasteiger partial charge in [-0.2, -0.15) is 23.5 Å². The number of aliphatic hydroxyl groups excluding tert-OH is 2. The van der Waals surface area contributed by atoms with Crippen molar-refractivity contribution in [2.24, 2.45) is 0 Å². The van der Waals surface area contributed by atoms with Crippen LogP contribution in [0.1, 0.15) is 198 Å². The summed E-state index contributed by atoms with van der Waals surface area (Å²) in [5.41, 5.74) is 1.23. The minimum absolute atomic E-state index is 0.000669. The lowest BCUT2D eigenvalue weighted by molar-refractivity contribution is 0.0650. The summed E-state index contributed by atoms with van der Waals surface area (Å²) in [5, 5.41) is 41.2. The molecule has 6 nitrogen and oxygen atoms in total. The summed E-state index contributed by atoms with van der Waals surface area (Å²) >= 11 is 3.36. The molecule has 0 saturated carbocycles. The van der Waals surface area contributed by atoms with Crippen LogP contribution < -0.4 is 0 Å². The van der Waals surface area contributed by atoms with Crippen molar-refractivity contribution in [3.63, 3.8) is 0 Å². The van der Waals surface area contributed by atoms with E-state index in [4.69, 9.17) is 0 Å². The van der Waals surface area contributed by atoms with E-state index in [-0.39, 0.29) is 33.8 Å². The molecule has 1 rings (SSSR count). The van der Waals surface area contributed by atoms with Gasteiger partial charge in [0.05, 0.1) is 23.3 Å². The third-order valence-electron chi connectivity index (χ3n) is 8.96. The van der Waals surface area contributed by atoms with Crippen LogP contribution in [0.5, 0.6) is 0 Å². The van der Waals surface area contributed by atoms with Crippen LogP contribution in [0.4, 0.5) is 0 Å². The van der Waals surface area contributed by atoms with E-state index in [2.05, 4.69) is 20.8 Å². The van der Waals surface area contributed by atoms with E-state index in [0.717, 1.165) is 56.3 Å². The molecule has 0 aromatic heterocycles. The van der Waals surface area contributed by atoms with Crippen LogP contribution in [-0.4, -0.2) is 56.1 Å². The van der Waals surface area contributed by atoms with Crippen molar-refractivity contribution in [2.45, 2.75) is 179 Å². The third kappa shape index (κ3) is 17.3. The highest BCUT2D eigenvalue weighted by atomic mass is 32.2. The van der Waals surface area contributed by atoms with E-state index in [1.807, 2.05) is 13.0 Å². The maximum atomic E-state index is 12.6. The molecular formula is C38H66O6S2. The predicted molar refractivity (Wildman–Crippen MR) is 198 cm³/mol. The molecule has 1 aromatic carbocycles. The fraction of sp³-hybridized carbons (Fsp3) is 0.789. The van der Waals surface area contributed by atoms with E-state index in [1.165, 1.54) is 70.3 Å². The van der Waals surface area contributed by atoms with Gasteiger partial charge in [0, 0.05) is 10.5 Å². The van der Waals surface area contributed by atoms with E-state index >= 15 is 0 Å². The standard InChI is InChI=1S/C38H66O6S2/c1-5-9-11-13-15-17-19-21-29(39)25-27-45-33(7-3)31-23-24-32(37(41)42)36(38(43)44)35(31)34(8-4)46-28-26-30(40)22-20-18-16-14-12-10-6-2/h23-24,29-30,33-34,39-40H,5-22,25-28H2,1-4H3,(H,41,42)(H,43,44). The second-order valence-corrected chi connectivity index (χ2v) is 15.5. The number of carboxylic acids is 2. The lowest BCUT2D eigenvalue weighted by Gasteiger charge is -2.27. The lowest BCUT2D eigenvalue weighted by atomic mass is 9.90. The number of carboxylic acid groups (broad SMARTS) is 2. The van der Waals surface area contributed by atoms with Crippen LogP contribution in [0.3, 0.4) is 0 Å². The fourth-order valence-corrected chi connectivity index (χ4v) is 8.82. The Kier molecular flexibility index (Phi) is 24.8. The van der Waals surface area contributed by atoms with Gasteiger partial charge in [-0.25, -0.2) is 9.59 Å². The molecule has 0 bridgehead atoms. The van der Waals surface area contributed by atoms with E-state index in [9.17, 15) is 30.0 Å². The Bertz CT molecular complexity index is 955. The van der Waals surface area contributed by atoms with Crippen molar-refractivity contribution in [2.75, 3.05) is 11.5 Å². The summed E-state index contributed by atoms with van der Waals surface area (Å²) < 4.78 is 0. The number of benzene rings is 1. The summed E-state index contributed by atoms with van der Waals surface area (Å²) in [6.45, 7) is 8.54. The first-order valence-corrected chi connectivity index (χ1v) is 20.5. The molecule has 0 aliphatic rings. The predicted octanol–water partition coefficient (Wildman–Crippen LogP) is 11.2. The van der Waals surface area contributed by atoms with Crippen molar-refractivity contribution in [1.82, 2.24) is 0 Å². The topological polar surface area (TPSA) is 115 Å². The molecule has 4 N–H and O–H groups in total. The summed E-state index contributed by atoms with van der Waals surface area (Å²) in [5.74, 6) is -1.00. The van der Waals surface area contributed by atoms with Gasteiger partial charge in [0.1, 0.15) is 0 Å². The Hall–Kier alpha value is -1.22. The first kappa shape index (κ1) is 42.8. The molecule has 0 fully saturated rings. The lowest BCUT2D eigenvalue weighted by Crippen LogP contribution is -2.17. The number of unbranched alkanes of at least 4 members (excludes halogenated alkanes) is 12. The minimum atomic E-state index is -1.23. The van der Waals surface area contributed by atoms with Crippen LogP contribution in [0.2, 0.25) is 0 Å². The van der Waals surface area contributed by atoms with Crippen LogP contribution in [0, 0.1) is 0 Å². The van der Waals surface area contributed by atoms with E-state index in [1.54, 1.807) is 23.5 Å². The number of carbonyl (C=O) groups is 2. The summed E-state index contributed by atoms with van der Waals surface area (Å²) in [6.07, 6.45) is 20.7. The first-order valence-electron chi connectivity index (χ1n) is 18.4. The van der Waals surface area contributed by atoms with Crippen molar-refractivity contribution in [1.29, 1.82) is 0 Å². The Morgan fingerprint density at radius 3 is 1.43 bits per heavy atom. The molecule has 46 heavy (non-hydrogen) atoms. The normalized spacial score (nSPS) is 14.2. The van der Waals surface area contributed by atoms with Crippen molar-refractivity contribution < 1.29 is 30.0 Å². The maximum Gasteiger partial charge on any atom is 0.336 e. The van der Waals surface area contributed by atoms with Gasteiger partial charge >= 0.3 is 11.9 Å². The van der Waals surface area contributed by atoms with Crippen LogP contribution in [0.25, 0.3) is 0 Å². The number of thioether (sulfide) groups is 2. The Morgan fingerprint density at radius 2 is 1.02 bits per heavy atom. The van der Waals surface area contributed by atoms with Crippen molar-refractivity contribution in [3.8, 4) is 0 Å². The van der Waals surface area contributed by atoms with Gasteiger partial charge in [-0.1, -0.05) is 124 Å². The zero-order chi connectivity index (χ0) is 34.2. The molecule has 0 amide bonds. The summed E-state index contributed by atoms with van der Waals surface area (Å²) in [6, 6.07) is 3.27. The molecule has 0 heterocycles. The quantitative estimate of drug-likeness (QED) is 0.0593. The monoisotopic (exact) mass is 682 g/mol. The maximum absolute atomic E-state index is 12.6. The number of rotatable bonds is 30. The Balaban J connectivity index is 2.89. The molecule has 4 atom stereocenters. The van der Waals surface area contributed by atoms with Crippen molar-refractivity contribution in [3.05, 3.63) is 34.4 Å². The molecule has 266 valence electrons. The van der Waals surface area contributed by atoms with Gasteiger partial charge in [0.15, 0.2) is 0 Å². The SMILES string of the molecule is CCCCCCCCCC(O)CCSC(CC)c1ccc(C(=O)O)c(C(=O)O)c1C(CC)SCCC(O)CCCCCCCCC. The number of hydrogen-bond acceptors (Lipinski definition) is 6. The molecule has 0 radical (unpaired) electrons. The second kappa shape index (κ2) is 26.7. The molecule has 1 aromatic rings. The average molecular weight is 683 g/mol. The second-order valence-electron chi connectivity index (χ2n) is 12.8. The van der Waals surface area contributed by atoms with E-state index in [0.29, 0.717) is 30.6 Å². The molecule has 0 saturated heterocycles. The molecule has 0 spiro atoms. The van der Waals surface area contributed by atoms with Gasteiger partial charge in [0.25, 0.3) is 0 Å². The van der Waals surface area contributed by atoms with E-state index < -0.39 is 11.9 Å². The van der Waals surface area contributed by atoms with Gasteiger partial charge in [-0.15, -0.1) is 0 Å². The van der Waals surface area contributed by atoms with Gasteiger partial charge in [-0.3, -0.25) is 0 Å². The van der Waals surface area contributed by atoms with Crippen LogP contribution in [-0.2, 0) is 0 Å². The highest BCUT2D eigenvalue weighted by Gasteiger charge is 2.30. The largest absolute Gasteiger partial charge is 0.478 e. The molecule has 0 aliphatic heterocycles. The van der Waals surface area contributed by atoms with Crippen LogP contribution >= 0.6 is 23.5 Å². The first-order chi connectivity index (χ1) is 22.2. The molecule has 0 aliphatic carbocycles. The summed E-state index contributed by atoms with van der Waals surface area (Å²) in [4.78, 5) is 24.7.